The van der Waals surface area contributed by atoms with E-state index in [1.807, 2.05) is 25.1 Å². The van der Waals surface area contributed by atoms with E-state index in [0.29, 0.717) is 17.3 Å². The van der Waals surface area contributed by atoms with E-state index in [1.54, 1.807) is 36.2 Å². The first-order valence-corrected chi connectivity index (χ1v) is 11.5. The lowest BCUT2D eigenvalue weighted by Crippen LogP contribution is -2.48. The predicted octanol–water partition coefficient (Wildman–Crippen LogP) is 2.50. The first-order chi connectivity index (χ1) is 16.9. The number of nitrogens with one attached hydrogen (secondary N) is 1. The van der Waals surface area contributed by atoms with Crippen LogP contribution in [0.4, 0.5) is 22.1 Å². The molecule has 0 spiro atoms. The number of urea groups is 1. The Kier molecular flexibility index (Phi) is 7.42. The molecule has 0 aromatic carbocycles. The van der Waals surface area contributed by atoms with Crippen molar-refractivity contribution in [2.24, 2.45) is 4.99 Å². The molecule has 2 amide bonds. The number of fused-ring (bicyclic) bond motifs is 4. The van der Waals surface area contributed by atoms with Crippen LogP contribution in [-0.2, 0) is 0 Å². The van der Waals surface area contributed by atoms with Crippen LogP contribution < -0.4 is 19.9 Å². The van der Waals surface area contributed by atoms with Gasteiger partial charge in [0.2, 0.25) is 5.88 Å². The Morgan fingerprint density at radius 1 is 1.37 bits per heavy atom. The number of hydrogen-bond acceptors (Lipinski definition) is 8. The van der Waals surface area contributed by atoms with Gasteiger partial charge >= 0.3 is 6.03 Å². The Morgan fingerprint density at radius 2 is 2.20 bits per heavy atom. The van der Waals surface area contributed by atoms with Crippen molar-refractivity contribution in [2.45, 2.75) is 25.5 Å². The summed E-state index contributed by atoms with van der Waals surface area (Å²) in [6, 6.07) is 8.55. The topological polar surface area (TPSA) is 123 Å². The Morgan fingerprint density at radius 3 is 2.94 bits per heavy atom. The van der Waals surface area contributed by atoms with Crippen LogP contribution in [0.15, 0.2) is 54.1 Å². The molecule has 184 valence electrons. The van der Waals surface area contributed by atoms with Crippen molar-refractivity contribution in [1.82, 2.24) is 9.97 Å². The summed E-state index contributed by atoms with van der Waals surface area (Å²) in [5, 5.41) is 21.3. The summed E-state index contributed by atoms with van der Waals surface area (Å²) < 4.78 is 5.40. The number of aromatic nitrogens is 2. The van der Waals surface area contributed by atoms with Crippen LogP contribution in [0.2, 0.25) is 0 Å². The minimum atomic E-state index is -1.01. The number of pyridine rings is 2. The molecule has 1 saturated heterocycles. The maximum absolute atomic E-state index is 13.5. The van der Waals surface area contributed by atoms with E-state index in [0.717, 1.165) is 36.5 Å². The third-order valence-electron chi connectivity index (χ3n) is 6.00. The van der Waals surface area contributed by atoms with Crippen LogP contribution >= 0.6 is 0 Å². The minimum Gasteiger partial charge on any atom is -0.475 e. The maximum Gasteiger partial charge on any atom is 0.329 e. The average Bonchev–Trinajstić information content (AvgIpc) is 3.29. The zero-order chi connectivity index (χ0) is 24.9. The van der Waals surface area contributed by atoms with Crippen molar-refractivity contribution in [1.29, 1.82) is 0 Å². The molecule has 10 heteroatoms. The van der Waals surface area contributed by atoms with E-state index in [4.69, 9.17) is 14.8 Å². The highest BCUT2D eigenvalue weighted by molar-refractivity contribution is 6.05. The highest BCUT2D eigenvalue weighted by Crippen LogP contribution is 2.39. The van der Waals surface area contributed by atoms with Gasteiger partial charge in [-0.1, -0.05) is 18.7 Å². The number of hydrogen-bond donors (Lipinski definition) is 3. The quantitative estimate of drug-likeness (QED) is 0.393. The van der Waals surface area contributed by atoms with E-state index in [1.165, 1.54) is 0 Å². The van der Waals surface area contributed by atoms with Gasteiger partial charge in [-0.15, -0.1) is 0 Å². The van der Waals surface area contributed by atoms with Gasteiger partial charge in [-0.25, -0.2) is 9.78 Å². The number of aliphatic hydroxyl groups is 2. The molecule has 0 aliphatic carbocycles. The Bertz CT molecular complexity index is 1160. The fourth-order valence-corrected chi connectivity index (χ4v) is 4.13. The first-order valence-electron chi connectivity index (χ1n) is 11.5. The molecule has 0 unspecified atom stereocenters. The largest absolute Gasteiger partial charge is 0.475 e. The normalized spacial score (nSPS) is 18.2. The Hall–Kier alpha value is -3.76. The van der Waals surface area contributed by atoms with E-state index < -0.39 is 12.7 Å². The summed E-state index contributed by atoms with van der Waals surface area (Å²) in [5.74, 6) is 1.13. The summed E-state index contributed by atoms with van der Waals surface area (Å²) in [7, 11) is 1.73. The van der Waals surface area contributed by atoms with Gasteiger partial charge in [-0.05, 0) is 37.6 Å². The fourth-order valence-electron chi connectivity index (χ4n) is 4.13. The number of carbonyl (C=O) groups is 1. The molecule has 2 atom stereocenters. The molecular formula is C25H30N6O4. The van der Waals surface area contributed by atoms with Crippen LogP contribution in [0.3, 0.4) is 0 Å². The minimum absolute atomic E-state index is 0.0144. The van der Waals surface area contributed by atoms with Gasteiger partial charge in [0.05, 0.1) is 24.0 Å². The van der Waals surface area contributed by atoms with Gasteiger partial charge in [-0.3, -0.25) is 15.2 Å². The summed E-state index contributed by atoms with van der Waals surface area (Å²) in [6.07, 6.45) is 3.47. The number of rotatable bonds is 8. The summed E-state index contributed by atoms with van der Waals surface area (Å²) in [5.41, 5.74) is 3.28. The van der Waals surface area contributed by atoms with Crippen LogP contribution in [0.1, 0.15) is 19.0 Å². The number of nitrogens with zero attached hydrogens (tertiary/aromatic N) is 5. The molecule has 2 aliphatic rings. The third-order valence-corrected chi connectivity index (χ3v) is 6.00. The molecule has 2 bridgehead atoms. The number of anilines is 3. The number of carbonyl (C=O) groups excluding carboxylic acids is 1. The molecule has 2 aliphatic heterocycles. The first kappa shape index (κ1) is 24.4. The smallest absolute Gasteiger partial charge is 0.329 e. The van der Waals surface area contributed by atoms with Gasteiger partial charge in [0.15, 0.2) is 5.82 Å². The number of aliphatic imine (C=N–C) groups is 1. The molecular weight excluding hydrogens is 448 g/mol. The summed E-state index contributed by atoms with van der Waals surface area (Å²) >= 11 is 0. The second-order valence-electron chi connectivity index (χ2n) is 8.41. The van der Waals surface area contributed by atoms with Crippen LogP contribution in [0, 0.1) is 0 Å². The number of allylic oxidation sites excluding steroid dienone is 3. The molecule has 10 nitrogen and oxygen atoms in total. The molecule has 2 aromatic rings. The highest BCUT2D eigenvalue weighted by atomic mass is 16.5. The van der Waals surface area contributed by atoms with Crippen molar-refractivity contribution >= 4 is 34.6 Å². The van der Waals surface area contributed by atoms with E-state index >= 15 is 0 Å². The van der Waals surface area contributed by atoms with Gasteiger partial charge in [-0.2, -0.15) is 4.98 Å². The zero-order valence-electron chi connectivity index (χ0n) is 19.9. The monoisotopic (exact) mass is 478 g/mol. The van der Waals surface area contributed by atoms with Crippen molar-refractivity contribution in [3.05, 3.63) is 54.8 Å². The Balaban J connectivity index is 1.61. The molecule has 35 heavy (non-hydrogen) atoms. The lowest BCUT2D eigenvalue weighted by atomic mass is 10.1. The maximum atomic E-state index is 13.5. The van der Waals surface area contributed by atoms with Gasteiger partial charge in [0.1, 0.15) is 18.5 Å². The van der Waals surface area contributed by atoms with Crippen molar-refractivity contribution in [3.63, 3.8) is 0 Å². The summed E-state index contributed by atoms with van der Waals surface area (Å²) in [6.45, 7) is 6.89. The second kappa shape index (κ2) is 10.7. The molecule has 0 radical (unpaired) electrons. The van der Waals surface area contributed by atoms with Gasteiger partial charge in [0.25, 0.3) is 0 Å². The average molecular weight is 479 g/mol. The number of aliphatic hydroxyl groups excluding tert-OH is 2. The lowest BCUT2D eigenvalue weighted by molar-refractivity contribution is 0.0521. The highest BCUT2D eigenvalue weighted by Gasteiger charge is 2.40. The van der Waals surface area contributed by atoms with E-state index in [9.17, 15) is 9.90 Å². The Labute approximate surface area is 204 Å². The van der Waals surface area contributed by atoms with Crippen molar-refractivity contribution in [3.8, 4) is 5.88 Å². The summed E-state index contributed by atoms with van der Waals surface area (Å²) in [4.78, 5) is 30.8. The molecule has 0 saturated carbocycles. The van der Waals surface area contributed by atoms with Crippen molar-refractivity contribution < 1.29 is 19.7 Å². The van der Waals surface area contributed by atoms with Gasteiger partial charge < -0.3 is 19.8 Å². The SMILES string of the molecule is C=C/C(=C\C(C)=NC)c1ccc2c(n1)N(C(=O)Nc1cccc(OC[C@@H](O)CO)n1)[C@H]1CCN2C1. The molecule has 4 heterocycles. The predicted molar refractivity (Wildman–Crippen MR) is 136 cm³/mol. The number of ether oxygens (including phenoxy) is 1. The fraction of sp³-hybridized carbons (Fsp3) is 0.360. The van der Waals surface area contributed by atoms with Gasteiger partial charge in [0, 0.05) is 37.5 Å². The number of amides is 2. The van der Waals surface area contributed by atoms with E-state index in [2.05, 4.69) is 26.8 Å². The van der Waals surface area contributed by atoms with Crippen LogP contribution in [0.5, 0.6) is 5.88 Å². The molecule has 1 fully saturated rings. The lowest BCUT2D eigenvalue weighted by Gasteiger charge is -2.35. The zero-order valence-corrected chi connectivity index (χ0v) is 19.9. The second-order valence-corrected chi connectivity index (χ2v) is 8.41. The van der Waals surface area contributed by atoms with Crippen LogP contribution in [-0.4, -0.2) is 77.4 Å². The van der Waals surface area contributed by atoms with Crippen molar-refractivity contribution in [2.75, 3.05) is 48.5 Å². The van der Waals surface area contributed by atoms with Crippen LogP contribution in [0.25, 0.3) is 5.57 Å². The molecule has 3 N–H and O–H groups in total. The standard InChI is InChI=1S/C25H30N6O4/c1-4-17(12-16(2)26-3)20-8-9-21-24(27-20)31(18-10-11-30(21)13-18)25(34)29-22-6-5-7-23(28-22)35-15-19(33)14-32/h4-9,12,18-19,32-33H,1,10-11,13-15H2,2-3H3,(H,28,29,34)/b17-12+,26-16?/t18-,19-/m0/s1. The van der Waals surface area contributed by atoms with E-state index in [-0.39, 0.29) is 24.6 Å². The molecule has 4 rings (SSSR count). The third kappa shape index (κ3) is 5.33. The molecule has 2 aromatic heterocycles.